The van der Waals surface area contributed by atoms with Crippen LogP contribution in [0.4, 0.5) is 17.1 Å². The minimum Gasteiger partial charge on any atom is -0.455 e. The number of furan rings is 1. The first-order chi connectivity index (χ1) is 49.0. The van der Waals surface area contributed by atoms with E-state index in [1.54, 1.807) is 6.20 Å². The molecule has 20 aromatic rings. The van der Waals surface area contributed by atoms with E-state index < -0.39 is 0 Å². The van der Waals surface area contributed by atoms with Crippen molar-refractivity contribution in [3.63, 3.8) is 0 Å². The van der Waals surface area contributed by atoms with E-state index in [1.807, 2.05) is 67.0 Å². The SMILES string of the molecule is N#Cc1ccc(N(c2ccc3c(ccc4ccccc43)c2)c2ccc3cccc(-c4ccc5oc6c7ccccc7c7c(c8cc9c%10ccccc%10c%10ccccc%10c9cc8n7-c7nc(-c8cccc(-c9cccnc9)c8)nc(-c8cccc(-c9ccccn9)c8)n7)c6c5c4)c3c2)cc1. The zero-order valence-electron chi connectivity index (χ0n) is 53.0. The largest absolute Gasteiger partial charge is 0.455 e. The summed E-state index contributed by atoms with van der Waals surface area (Å²) < 4.78 is 9.61. The van der Waals surface area contributed by atoms with Crippen molar-refractivity contribution in [2.75, 3.05) is 4.90 Å². The summed E-state index contributed by atoms with van der Waals surface area (Å²) in [7, 11) is 0. The molecule has 0 radical (unpaired) electrons. The average molecular weight is 1260 g/mol. The van der Waals surface area contributed by atoms with Crippen molar-refractivity contribution < 1.29 is 4.42 Å². The molecule has 20 rings (SSSR count). The number of pyridine rings is 2. The number of fused-ring (bicyclic) bond motifs is 20. The summed E-state index contributed by atoms with van der Waals surface area (Å²) >= 11 is 0. The Morgan fingerprint density at radius 2 is 0.960 bits per heavy atom. The summed E-state index contributed by atoms with van der Waals surface area (Å²) in [5.41, 5.74) is 14.5. The van der Waals surface area contributed by atoms with Gasteiger partial charge < -0.3 is 9.32 Å². The molecule has 15 aromatic carbocycles. The monoisotopic (exact) mass is 1260 g/mol. The third-order valence-corrected chi connectivity index (χ3v) is 19.9. The third kappa shape index (κ3) is 8.98. The van der Waals surface area contributed by atoms with Crippen LogP contribution >= 0.6 is 0 Å². The van der Waals surface area contributed by atoms with Crippen LogP contribution in [0, 0.1) is 11.3 Å². The first-order valence-corrected chi connectivity index (χ1v) is 33.1. The lowest BCUT2D eigenvalue weighted by molar-refractivity contribution is 0.673. The second kappa shape index (κ2) is 22.2. The van der Waals surface area contributed by atoms with Crippen molar-refractivity contribution in [1.29, 1.82) is 5.26 Å². The van der Waals surface area contributed by atoms with Crippen molar-refractivity contribution >= 4 is 136 Å². The van der Waals surface area contributed by atoms with Gasteiger partial charge in [0.2, 0.25) is 5.95 Å². The Bertz CT molecular complexity index is 6710. The predicted octanol–water partition coefficient (Wildman–Crippen LogP) is 23.4. The number of nitriles is 1. The number of anilines is 3. The van der Waals surface area contributed by atoms with Crippen LogP contribution < -0.4 is 4.90 Å². The molecule has 0 aliphatic carbocycles. The molecule has 0 spiro atoms. The topological polar surface area (TPSA) is 110 Å². The highest BCUT2D eigenvalue weighted by Crippen LogP contribution is 2.50. The van der Waals surface area contributed by atoms with E-state index >= 15 is 0 Å². The molecule has 458 valence electrons. The first kappa shape index (κ1) is 55.7. The fourth-order valence-electron chi connectivity index (χ4n) is 15.4. The van der Waals surface area contributed by atoms with E-state index in [0.29, 0.717) is 23.2 Å². The fraction of sp³-hybridized carbons (Fsp3) is 0. The van der Waals surface area contributed by atoms with Gasteiger partial charge in [0.25, 0.3) is 0 Å². The summed E-state index contributed by atoms with van der Waals surface area (Å²) in [4.78, 5) is 28.3. The Kier molecular flexibility index (Phi) is 12.5. The lowest BCUT2D eigenvalue weighted by Gasteiger charge is -2.26. The maximum Gasteiger partial charge on any atom is 0.238 e. The van der Waals surface area contributed by atoms with Gasteiger partial charge in [0.15, 0.2) is 11.6 Å². The standard InChI is InChI=1S/C90H52N8O/c91-52-54-31-37-64(38-32-54)97(65-40-41-69-58(47-65)34-33-55-15-1-2-22-67(55)69)66-39-35-56-16-13-29-68(76(56)49-66)59-36-42-83-80(48-59)85-84-79-50-77-72-25-5-3-23-70(72)71-24-4-6-26-73(71)78(77)51-82(79)98(86(84)74-27-7-8-28-75(74)87(85)99-83)90-95-88(61-19-11-17-57(45-61)63-21-14-43-92-53-63)94-89(96-90)62-20-12-18-60(46-62)81-30-9-10-44-93-81/h1-51,53H. The predicted molar refractivity (Wildman–Crippen MR) is 406 cm³/mol. The molecule has 0 aliphatic heterocycles. The minimum atomic E-state index is 0.464. The van der Waals surface area contributed by atoms with Gasteiger partial charge in [-0.25, -0.2) is 4.98 Å². The molecule has 5 heterocycles. The fourth-order valence-corrected chi connectivity index (χ4v) is 15.4. The van der Waals surface area contributed by atoms with Crippen LogP contribution in [0.15, 0.2) is 320 Å². The van der Waals surface area contributed by atoms with Gasteiger partial charge in [-0.3, -0.25) is 14.5 Å². The maximum absolute atomic E-state index is 9.95. The highest BCUT2D eigenvalue weighted by molar-refractivity contribution is 6.38. The van der Waals surface area contributed by atoms with Gasteiger partial charge in [-0.15, -0.1) is 0 Å². The molecule has 5 aromatic heterocycles. The lowest BCUT2D eigenvalue weighted by atomic mass is 9.92. The van der Waals surface area contributed by atoms with Crippen LogP contribution in [0.1, 0.15) is 5.56 Å². The number of rotatable bonds is 9. The van der Waals surface area contributed by atoms with Crippen LogP contribution in [0.25, 0.3) is 181 Å². The minimum absolute atomic E-state index is 0.464. The van der Waals surface area contributed by atoms with Gasteiger partial charge in [0.1, 0.15) is 11.2 Å². The molecule has 0 unspecified atom stereocenters. The molecule has 0 aliphatic rings. The average Bonchev–Trinajstić information content (AvgIpc) is 1.54. The van der Waals surface area contributed by atoms with Crippen LogP contribution in [-0.2, 0) is 0 Å². The molecule has 0 fully saturated rings. The van der Waals surface area contributed by atoms with Gasteiger partial charge >= 0.3 is 0 Å². The quantitative estimate of drug-likeness (QED) is 0.131. The Morgan fingerprint density at radius 1 is 0.354 bits per heavy atom. The molecule has 0 atom stereocenters. The Hall–Kier alpha value is -13.7. The molecule has 0 saturated carbocycles. The smallest absolute Gasteiger partial charge is 0.238 e. The highest BCUT2D eigenvalue weighted by Gasteiger charge is 2.28. The maximum atomic E-state index is 9.95. The second-order valence-corrected chi connectivity index (χ2v) is 25.4. The number of hydrogen-bond donors (Lipinski definition) is 0. The van der Waals surface area contributed by atoms with E-state index in [0.717, 1.165) is 149 Å². The number of benzene rings is 15. The Balaban J connectivity index is 0.859. The van der Waals surface area contributed by atoms with Gasteiger partial charge in [0, 0.05) is 90.2 Å². The van der Waals surface area contributed by atoms with E-state index in [4.69, 9.17) is 24.4 Å². The molecule has 0 N–H and O–H groups in total. The van der Waals surface area contributed by atoms with E-state index in [2.05, 4.69) is 263 Å². The summed E-state index contributed by atoms with van der Waals surface area (Å²) in [5.74, 6) is 1.50. The van der Waals surface area contributed by atoms with Crippen LogP contribution in [0.3, 0.4) is 0 Å². The van der Waals surface area contributed by atoms with Gasteiger partial charge in [-0.2, -0.15) is 15.2 Å². The first-order valence-electron chi connectivity index (χ1n) is 33.1. The number of hydrogen-bond acceptors (Lipinski definition) is 8. The van der Waals surface area contributed by atoms with Gasteiger partial charge in [0.05, 0.1) is 28.4 Å². The molecule has 0 amide bonds. The zero-order chi connectivity index (χ0) is 65.2. The normalized spacial score (nSPS) is 11.8. The summed E-state index contributed by atoms with van der Waals surface area (Å²) in [6.07, 6.45) is 5.50. The molecule has 9 nitrogen and oxygen atoms in total. The molecular formula is C90H52N8O. The zero-order valence-corrected chi connectivity index (χ0v) is 53.0. The van der Waals surface area contributed by atoms with Crippen LogP contribution in [-0.4, -0.2) is 29.5 Å². The van der Waals surface area contributed by atoms with Crippen molar-refractivity contribution in [3.8, 4) is 68.3 Å². The summed E-state index contributed by atoms with van der Waals surface area (Å²) in [5, 5.41) is 29.8. The summed E-state index contributed by atoms with van der Waals surface area (Å²) in [6.45, 7) is 0. The van der Waals surface area contributed by atoms with E-state index in [9.17, 15) is 5.26 Å². The van der Waals surface area contributed by atoms with Gasteiger partial charge in [-0.05, 0) is 184 Å². The highest BCUT2D eigenvalue weighted by atomic mass is 16.3. The molecule has 9 heteroatoms. The third-order valence-electron chi connectivity index (χ3n) is 19.9. The van der Waals surface area contributed by atoms with Crippen molar-refractivity contribution in [2.24, 2.45) is 0 Å². The molecule has 0 saturated heterocycles. The second-order valence-electron chi connectivity index (χ2n) is 25.4. The van der Waals surface area contributed by atoms with Crippen LogP contribution in [0.2, 0.25) is 0 Å². The number of nitrogens with zero attached hydrogens (tertiary/aromatic N) is 8. The van der Waals surface area contributed by atoms with Crippen LogP contribution in [0.5, 0.6) is 0 Å². The van der Waals surface area contributed by atoms with Crippen molar-refractivity contribution in [2.45, 2.75) is 0 Å². The Labute approximate surface area is 566 Å². The lowest BCUT2D eigenvalue weighted by Crippen LogP contribution is -2.10. The van der Waals surface area contributed by atoms with Crippen molar-refractivity contribution in [3.05, 3.63) is 321 Å². The summed E-state index contributed by atoms with van der Waals surface area (Å²) in [6, 6.07) is 107. The Morgan fingerprint density at radius 3 is 1.72 bits per heavy atom. The molecule has 99 heavy (non-hydrogen) atoms. The van der Waals surface area contributed by atoms with Crippen molar-refractivity contribution in [1.82, 2.24) is 29.5 Å². The van der Waals surface area contributed by atoms with E-state index in [-0.39, 0.29) is 0 Å². The number of aromatic nitrogens is 6. The molecular weight excluding hydrogens is 1210 g/mol. The molecule has 0 bridgehead atoms. The van der Waals surface area contributed by atoms with Gasteiger partial charge in [-0.1, -0.05) is 194 Å². The van der Waals surface area contributed by atoms with E-state index in [1.165, 1.54) is 32.3 Å².